The van der Waals surface area contributed by atoms with Crippen molar-refractivity contribution in [2.45, 2.75) is 19.4 Å². The van der Waals surface area contributed by atoms with Gasteiger partial charge in [0.1, 0.15) is 0 Å². The SMILES string of the molecule is CCCNC(c1ccoc1)c1csnn1. The molecule has 0 saturated carbocycles. The summed E-state index contributed by atoms with van der Waals surface area (Å²) in [6, 6.07) is 2.05. The molecule has 0 fully saturated rings. The normalized spacial score (nSPS) is 12.9. The topological polar surface area (TPSA) is 51.0 Å². The third-order valence-corrected chi connectivity index (χ3v) is 2.67. The molecule has 0 saturated heterocycles. The van der Waals surface area contributed by atoms with Crippen LogP contribution in [0.4, 0.5) is 0 Å². The number of rotatable bonds is 5. The monoisotopic (exact) mass is 223 g/mol. The second-order valence-electron chi connectivity index (χ2n) is 3.27. The van der Waals surface area contributed by atoms with Crippen molar-refractivity contribution in [3.8, 4) is 0 Å². The molecule has 1 atom stereocenters. The molecule has 2 rings (SSSR count). The van der Waals surface area contributed by atoms with E-state index in [1.165, 1.54) is 11.5 Å². The van der Waals surface area contributed by atoms with Crippen molar-refractivity contribution in [3.63, 3.8) is 0 Å². The summed E-state index contributed by atoms with van der Waals surface area (Å²) in [4.78, 5) is 0. The van der Waals surface area contributed by atoms with Gasteiger partial charge in [-0.05, 0) is 30.6 Å². The number of hydrogen-bond acceptors (Lipinski definition) is 5. The summed E-state index contributed by atoms with van der Waals surface area (Å²) < 4.78 is 8.97. The molecule has 0 aliphatic rings. The largest absolute Gasteiger partial charge is 0.472 e. The number of nitrogens with one attached hydrogen (secondary N) is 1. The number of furan rings is 1. The van der Waals surface area contributed by atoms with Crippen LogP contribution in [0.2, 0.25) is 0 Å². The predicted molar refractivity (Wildman–Crippen MR) is 58.8 cm³/mol. The minimum absolute atomic E-state index is 0.0995. The first-order chi connectivity index (χ1) is 7.42. The average Bonchev–Trinajstić information content (AvgIpc) is 2.90. The van der Waals surface area contributed by atoms with Crippen LogP contribution >= 0.6 is 11.5 Å². The number of aromatic nitrogens is 2. The maximum absolute atomic E-state index is 5.09. The van der Waals surface area contributed by atoms with Gasteiger partial charge in [0, 0.05) is 10.9 Å². The molecule has 1 N–H and O–H groups in total. The van der Waals surface area contributed by atoms with E-state index in [0.29, 0.717) is 0 Å². The highest BCUT2D eigenvalue weighted by Crippen LogP contribution is 2.21. The van der Waals surface area contributed by atoms with Crippen LogP contribution in [0.15, 0.2) is 28.4 Å². The molecular weight excluding hydrogens is 210 g/mol. The highest BCUT2D eigenvalue weighted by Gasteiger charge is 2.16. The van der Waals surface area contributed by atoms with Crippen LogP contribution in [0.3, 0.4) is 0 Å². The van der Waals surface area contributed by atoms with Gasteiger partial charge in [-0.1, -0.05) is 11.4 Å². The van der Waals surface area contributed by atoms with Crippen molar-refractivity contribution in [2.75, 3.05) is 6.54 Å². The Labute approximate surface area is 92.5 Å². The molecule has 80 valence electrons. The smallest absolute Gasteiger partial charge is 0.0971 e. The van der Waals surface area contributed by atoms with Gasteiger partial charge >= 0.3 is 0 Å². The lowest BCUT2D eigenvalue weighted by atomic mass is 10.1. The molecule has 1 unspecified atom stereocenters. The zero-order valence-corrected chi connectivity index (χ0v) is 9.33. The van der Waals surface area contributed by atoms with Crippen molar-refractivity contribution in [1.29, 1.82) is 0 Å². The third kappa shape index (κ3) is 2.43. The molecule has 0 aliphatic heterocycles. The van der Waals surface area contributed by atoms with Gasteiger partial charge in [0.15, 0.2) is 0 Å². The molecule has 0 amide bonds. The van der Waals surface area contributed by atoms with Gasteiger partial charge < -0.3 is 9.73 Å². The quantitative estimate of drug-likeness (QED) is 0.844. The Morgan fingerprint density at radius 2 is 2.53 bits per heavy atom. The summed E-state index contributed by atoms with van der Waals surface area (Å²) >= 11 is 1.37. The van der Waals surface area contributed by atoms with Crippen LogP contribution in [-0.2, 0) is 0 Å². The maximum atomic E-state index is 5.09. The van der Waals surface area contributed by atoms with Gasteiger partial charge in [0.25, 0.3) is 0 Å². The van der Waals surface area contributed by atoms with E-state index in [4.69, 9.17) is 4.42 Å². The summed E-state index contributed by atoms with van der Waals surface area (Å²) in [6.45, 7) is 3.09. The summed E-state index contributed by atoms with van der Waals surface area (Å²) in [5.41, 5.74) is 2.05. The van der Waals surface area contributed by atoms with Crippen molar-refractivity contribution in [1.82, 2.24) is 14.9 Å². The number of hydrogen-bond donors (Lipinski definition) is 1. The minimum Gasteiger partial charge on any atom is -0.472 e. The van der Waals surface area contributed by atoms with Gasteiger partial charge in [-0.3, -0.25) is 0 Å². The Balaban J connectivity index is 2.17. The molecule has 5 heteroatoms. The first-order valence-corrected chi connectivity index (χ1v) is 5.78. The molecule has 2 aromatic rings. The first kappa shape index (κ1) is 10.3. The fourth-order valence-electron chi connectivity index (χ4n) is 1.42. The molecule has 0 spiro atoms. The zero-order valence-electron chi connectivity index (χ0n) is 8.51. The Hall–Kier alpha value is -1.20. The molecule has 4 nitrogen and oxygen atoms in total. The van der Waals surface area contributed by atoms with Gasteiger partial charge in [0.05, 0.1) is 24.3 Å². The molecule has 0 bridgehead atoms. The molecule has 0 aromatic carbocycles. The van der Waals surface area contributed by atoms with E-state index in [2.05, 4.69) is 21.8 Å². The lowest BCUT2D eigenvalue weighted by molar-refractivity contribution is 0.544. The minimum atomic E-state index is 0.0995. The highest BCUT2D eigenvalue weighted by molar-refractivity contribution is 7.03. The molecule has 15 heavy (non-hydrogen) atoms. The average molecular weight is 223 g/mol. The maximum Gasteiger partial charge on any atom is 0.0971 e. The van der Waals surface area contributed by atoms with Crippen LogP contribution in [-0.4, -0.2) is 16.1 Å². The second-order valence-corrected chi connectivity index (χ2v) is 3.88. The molecule has 2 heterocycles. The van der Waals surface area contributed by atoms with E-state index in [-0.39, 0.29) is 6.04 Å². The zero-order chi connectivity index (χ0) is 10.5. The van der Waals surface area contributed by atoms with Crippen LogP contribution in [0.1, 0.15) is 30.6 Å². The Kier molecular flexibility index (Phi) is 3.47. The van der Waals surface area contributed by atoms with Crippen molar-refractivity contribution in [2.24, 2.45) is 0 Å². The Morgan fingerprint density at radius 1 is 1.60 bits per heavy atom. The molecule has 2 aromatic heterocycles. The van der Waals surface area contributed by atoms with Gasteiger partial charge in [-0.25, -0.2) is 0 Å². The lowest BCUT2D eigenvalue weighted by Gasteiger charge is -2.13. The van der Waals surface area contributed by atoms with Crippen LogP contribution < -0.4 is 5.32 Å². The van der Waals surface area contributed by atoms with Crippen molar-refractivity contribution < 1.29 is 4.42 Å². The van der Waals surface area contributed by atoms with E-state index in [0.717, 1.165) is 24.2 Å². The molecule has 0 aliphatic carbocycles. The summed E-state index contributed by atoms with van der Waals surface area (Å²) in [5.74, 6) is 0. The van der Waals surface area contributed by atoms with E-state index in [9.17, 15) is 0 Å². The fourth-order valence-corrected chi connectivity index (χ4v) is 1.90. The second kappa shape index (κ2) is 5.04. The Morgan fingerprint density at radius 3 is 3.13 bits per heavy atom. The van der Waals surface area contributed by atoms with Crippen LogP contribution in [0.5, 0.6) is 0 Å². The molecular formula is C10H13N3OS. The Bertz CT molecular complexity index is 337. The van der Waals surface area contributed by atoms with E-state index in [1.807, 2.05) is 11.4 Å². The van der Waals surface area contributed by atoms with Crippen molar-refractivity contribution >= 4 is 11.5 Å². The fraction of sp³-hybridized carbons (Fsp3) is 0.400. The lowest BCUT2D eigenvalue weighted by Crippen LogP contribution is -2.23. The van der Waals surface area contributed by atoms with Gasteiger partial charge in [0.2, 0.25) is 0 Å². The standard InChI is InChI=1S/C10H13N3OS/c1-2-4-11-10(8-3-5-14-6-8)9-7-15-13-12-9/h3,5-7,10-11H,2,4H2,1H3. The van der Waals surface area contributed by atoms with Crippen LogP contribution in [0, 0.1) is 0 Å². The first-order valence-electron chi connectivity index (χ1n) is 4.94. The van der Waals surface area contributed by atoms with E-state index >= 15 is 0 Å². The van der Waals surface area contributed by atoms with E-state index < -0.39 is 0 Å². The third-order valence-electron chi connectivity index (χ3n) is 2.15. The summed E-state index contributed by atoms with van der Waals surface area (Å²) in [5, 5.41) is 9.47. The summed E-state index contributed by atoms with van der Waals surface area (Å²) in [6.07, 6.45) is 4.51. The number of nitrogens with zero attached hydrogens (tertiary/aromatic N) is 2. The van der Waals surface area contributed by atoms with Gasteiger partial charge in [-0.15, -0.1) is 5.10 Å². The molecule has 0 radical (unpaired) electrons. The van der Waals surface area contributed by atoms with Crippen molar-refractivity contribution in [3.05, 3.63) is 35.2 Å². The highest BCUT2D eigenvalue weighted by atomic mass is 32.1. The van der Waals surface area contributed by atoms with E-state index in [1.54, 1.807) is 12.5 Å². The van der Waals surface area contributed by atoms with Gasteiger partial charge in [-0.2, -0.15) is 0 Å². The predicted octanol–water partition coefficient (Wildman–Crippen LogP) is 2.22. The van der Waals surface area contributed by atoms with Crippen LogP contribution in [0.25, 0.3) is 0 Å². The summed E-state index contributed by atoms with van der Waals surface area (Å²) in [7, 11) is 0.